The van der Waals surface area contributed by atoms with Crippen LogP contribution in [0.2, 0.25) is 0 Å². The molecule has 1 aromatic heterocycles. The number of ether oxygens (including phenoxy) is 1. The number of nitrogens with zero attached hydrogens (tertiary/aromatic N) is 3. The monoisotopic (exact) mass is 264 g/mol. The maximum atomic E-state index is 6.13. The zero-order valence-corrected chi connectivity index (χ0v) is 11.7. The van der Waals surface area contributed by atoms with Crippen molar-refractivity contribution in [2.45, 2.75) is 51.7 Å². The summed E-state index contributed by atoms with van der Waals surface area (Å²) < 4.78 is 8.02. The third kappa shape index (κ3) is 2.41. The molecule has 1 saturated heterocycles. The number of aryl methyl sites for hydroxylation is 1. The average molecular weight is 264 g/mol. The lowest BCUT2D eigenvalue weighted by Gasteiger charge is -2.32. The highest BCUT2D eigenvalue weighted by Crippen LogP contribution is 2.48. The van der Waals surface area contributed by atoms with Crippen LogP contribution < -0.4 is 5.73 Å². The lowest BCUT2D eigenvalue weighted by molar-refractivity contribution is 0.0332. The molecule has 0 radical (unpaired) electrons. The van der Waals surface area contributed by atoms with E-state index in [-0.39, 0.29) is 5.41 Å². The van der Waals surface area contributed by atoms with Crippen molar-refractivity contribution in [3.63, 3.8) is 0 Å². The molecule has 1 saturated carbocycles. The molecule has 2 atom stereocenters. The van der Waals surface area contributed by atoms with Crippen molar-refractivity contribution in [2.75, 3.05) is 13.2 Å². The van der Waals surface area contributed by atoms with Gasteiger partial charge in [-0.15, -0.1) is 0 Å². The van der Waals surface area contributed by atoms with E-state index in [0.717, 1.165) is 44.2 Å². The van der Waals surface area contributed by atoms with Crippen LogP contribution in [0, 0.1) is 11.3 Å². The van der Waals surface area contributed by atoms with Crippen molar-refractivity contribution < 1.29 is 4.74 Å². The third-order valence-electron chi connectivity index (χ3n) is 4.60. The molecule has 0 aromatic carbocycles. The topological polar surface area (TPSA) is 66.0 Å². The Bertz CT molecular complexity index is 429. The first kappa shape index (κ1) is 13.1. The van der Waals surface area contributed by atoms with Crippen molar-refractivity contribution in [3.8, 4) is 0 Å². The standard InChI is InChI=1S/C14H24N4O/c1-2-6-18-12(16-10-17-18)8-14(9-15)5-7-19-13(14)11-3-4-11/h10-11,13H,2-9,15H2,1H3. The van der Waals surface area contributed by atoms with Gasteiger partial charge in [-0.2, -0.15) is 5.10 Å². The van der Waals surface area contributed by atoms with Crippen LogP contribution >= 0.6 is 0 Å². The van der Waals surface area contributed by atoms with E-state index in [0.29, 0.717) is 12.6 Å². The molecule has 1 aliphatic carbocycles. The third-order valence-corrected chi connectivity index (χ3v) is 4.60. The fraction of sp³-hybridized carbons (Fsp3) is 0.857. The second-order valence-corrected chi connectivity index (χ2v) is 6.02. The Kier molecular flexibility index (Phi) is 3.58. The molecule has 106 valence electrons. The van der Waals surface area contributed by atoms with Gasteiger partial charge < -0.3 is 10.5 Å². The Morgan fingerprint density at radius 3 is 3.05 bits per heavy atom. The maximum absolute atomic E-state index is 6.13. The second kappa shape index (κ2) is 5.21. The molecular formula is C14H24N4O. The molecule has 3 rings (SSSR count). The Balaban J connectivity index is 1.80. The zero-order valence-electron chi connectivity index (χ0n) is 11.7. The fourth-order valence-corrected chi connectivity index (χ4v) is 3.36. The first-order chi connectivity index (χ1) is 9.29. The predicted molar refractivity (Wildman–Crippen MR) is 72.6 cm³/mol. The van der Waals surface area contributed by atoms with Gasteiger partial charge >= 0.3 is 0 Å². The number of nitrogens with two attached hydrogens (primary N) is 1. The largest absolute Gasteiger partial charge is 0.377 e. The van der Waals surface area contributed by atoms with E-state index >= 15 is 0 Å². The Labute approximate surface area is 114 Å². The summed E-state index contributed by atoms with van der Waals surface area (Å²) in [6.45, 7) is 4.63. The van der Waals surface area contributed by atoms with Crippen LogP contribution in [0.3, 0.4) is 0 Å². The summed E-state index contributed by atoms with van der Waals surface area (Å²) in [5.74, 6) is 1.80. The van der Waals surface area contributed by atoms with Gasteiger partial charge in [-0.3, -0.25) is 4.68 Å². The predicted octanol–water partition coefficient (Wildman–Crippen LogP) is 1.37. The molecule has 2 fully saturated rings. The summed E-state index contributed by atoms with van der Waals surface area (Å²) in [6.07, 6.45) is 7.64. The van der Waals surface area contributed by atoms with Crippen LogP contribution in [0.25, 0.3) is 0 Å². The first-order valence-electron chi connectivity index (χ1n) is 7.47. The van der Waals surface area contributed by atoms with Crippen molar-refractivity contribution in [1.82, 2.24) is 14.8 Å². The van der Waals surface area contributed by atoms with Crippen molar-refractivity contribution in [3.05, 3.63) is 12.2 Å². The smallest absolute Gasteiger partial charge is 0.138 e. The quantitative estimate of drug-likeness (QED) is 0.843. The number of hydrogen-bond acceptors (Lipinski definition) is 4. The normalized spacial score (nSPS) is 30.9. The Hall–Kier alpha value is -0.940. The molecule has 2 unspecified atom stereocenters. The molecule has 1 aliphatic heterocycles. The first-order valence-corrected chi connectivity index (χ1v) is 7.47. The van der Waals surface area contributed by atoms with Gasteiger partial charge in [0.15, 0.2) is 0 Å². The van der Waals surface area contributed by atoms with Crippen LogP contribution in [-0.2, 0) is 17.7 Å². The molecule has 0 bridgehead atoms. The molecular weight excluding hydrogens is 240 g/mol. The lowest BCUT2D eigenvalue weighted by atomic mass is 9.76. The van der Waals surface area contributed by atoms with E-state index in [1.807, 2.05) is 4.68 Å². The zero-order chi connectivity index (χ0) is 13.3. The van der Waals surface area contributed by atoms with E-state index in [1.165, 1.54) is 12.8 Å². The van der Waals surface area contributed by atoms with E-state index in [9.17, 15) is 0 Å². The minimum Gasteiger partial charge on any atom is -0.377 e. The Morgan fingerprint density at radius 2 is 2.37 bits per heavy atom. The molecule has 2 N–H and O–H groups in total. The van der Waals surface area contributed by atoms with Gasteiger partial charge in [0, 0.05) is 31.5 Å². The van der Waals surface area contributed by atoms with Crippen LogP contribution in [0.15, 0.2) is 6.33 Å². The summed E-state index contributed by atoms with van der Waals surface area (Å²) in [6, 6.07) is 0. The van der Waals surface area contributed by atoms with Gasteiger partial charge in [-0.05, 0) is 31.6 Å². The Morgan fingerprint density at radius 1 is 1.53 bits per heavy atom. The molecule has 0 amide bonds. The maximum Gasteiger partial charge on any atom is 0.138 e. The highest BCUT2D eigenvalue weighted by Gasteiger charge is 2.50. The highest BCUT2D eigenvalue weighted by molar-refractivity contribution is 5.05. The molecule has 5 heteroatoms. The van der Waals surface area contributed by atoms with Crippen LogP contribution in [0.4, 0.5) is 0 Å². The van der Waals surface area contributed by atoms with E-state index in [1.54, 1.807) is 6.33 Å². The summed E-state index contributed by atoms with van der Waals surface area (Å²) >= 11 is 0. The van der Waals surface area contributed by atoms with Gasteiger partial charge in [0.1, 0.15) is 12.2 Å². The summed E-state index contributed by atoms with van der Waals surface area (Å²) in [5, 5.41) is 4.32. The van der Waals surface area contributed by atoms with Crippen LogP contribution in [-0.4, -0.2) is 34.0 Å². The highest BCUT2D eigenvalue weighted by atomic mass is 16.5. The minimum atomic E-state index is 0.0830. The van der Waals surface area contributed by atoms with E-state index in [2.05, 4.69) is 17.0 Å². The van der Waals surface area contributed by atoms with E-state index < -0.39 is 0 Å². The summed E-state index contributed by atoms with van der Waals surface area (Å²) in [4.78, 5) is 4.45. The van der Waals surface area contributed by atoms with Gasteiger partial charge in [-0.1, -0.05) is 6.92 Å². The fourth-order valence-electron chi connectivity index (χ4n) is 3.36. The van der Waals surface area contributed by atoms with Gasteiger partial charge in [0.2, 0.25) is 0 Å². The summed E-state index contributed by atoms with van der Waals surface area (Å²) in [7, 11) is 0. The van der Waals surface area contributed by atoms with Crippen molar-refractivity contribution >= 4 is 0 Å². The SMILES string of the molecule is CCCn1ncnc1CC1(CN)CCOC1C1CC1. The number of rotatable bonds is 6. The van der Waals surface area contributed by atoms with Gasteiger partial charge in [0.05, 0.1) is 6.10 Å². The van der Waals surface area contributed by atoms with E-state index in [4.69, 9.17) is 10.5 Å². The molecule has 5 nitrogen and oxygen atoms in total. The second-order valence-electron chi connectivity index (χ2n) is 6.02. The molecule has 19 heavy (non-hydrogen) atoms. The molecule has 0 spiro atoms. The minimum absolute atomic E-state index is 0.0830. The number of hydrogen-bond donors (Lipinski definition) is 1. The number of aromatic nitrogens is 3. The molecule has 1 aromatic rings. The van der Waals surface area contributed by atoms with Gasteiger partial charge in [0.25, 0.3) is 0 Å². The lowest BCUT2D eigenvalue weighted by Crippen LogP contribution is -2.42. The average Bonchev–Trinajstić information content (AvgIpc) is 3.04. The van der Waals surface area contributed by atoms with Gasteiger partial charge in [-0.25, -0.2) is 4.98 Å². The summed E-state index contributed by atoms with van der Waals surface area (Å²) in [5.41, 5.74) is 6.21. The van der Waals surface area contributed by atoms with Crippen molar-refractivity contribution in [2.24, 2.45) is 17.1 Å². The molecule has 2 aliphatic rings. The van der Waals surface area contributed by atoms with Crippen LogP contribution in [0.1, 0.15) is 38.4 Å². The van der Waals surface area contributed by atoms with Crippen molar-refractivity contribution in [1.29, 1.82) is 0 Å². The molecule has 2 heterocycles. The van der Waals surface area contributed by atoms with Crippen LogP contribution in [0.5, 0.6) is 0 Å².